The van der Waals surface area contributed by atoms with Gasteiger partial charge in [-0.2, -0.15) is 0 Å². The molecule has 1 amide bonds. The van der Waals surface area contributed by atoms with Crippen LogP contribution in [0.5, 0.6) is 0 Å². The van der Waals surface area contributed by atoms with Crippen molar-refractivity contribution in [3.05, 3.63) is 59.3 Å². The van der Waals surface area contributed by atoms with Crippen LogP contribution in [0.25, 0.3) is 0 Å². The molecule has 0 saturated heterocycles. The van der Waals surface area contributed by atoms with Crippen LogP contribution in [0.3, 0.4) is 0 Å². The molecule has 1 heterocycles. The van der Waals surface area contributed by atoms with Crippen molar-refractivity contribution in [1.29, 1.82) is 0 Å². The summed E-state index contributed by atoms with van der Waals surface area (Å²) in [5, 5.41) is 0. The molecule has 2 N–H and O–H groups in total. The van der Waals surface area contributed by atoms with Crippen molar-refractivity contribution >= 4 is 18.3 Å². The summed E-state index contributed by atoms with van der Waals surface area (Å²) in [6.07, 6.45) is 2.91. The summed E-state index contributed by atoms with van der Waals surface area (Å²) in [7, 11) is 0. The van der Waals surface area contributed by atoms with E-state index in [1.54, 1.807) is 17.0 Å². The summed E-state index contributed by atoms with van der Waals surface area (Å²) < 4.78 is 18.4. The van der Waals surface area contributed by atoms with Crippen LogP contribution in [0.4, 0.5) is 4.39 Å². The molecule has 0 unspecified atom stereocenters. The summed E-state index contributed by atoms with van der Waals surface area (Å²) in [5.41, 5.74) is 6.88. The summed E-state index contributed by atoms with van der Waals surface area (Å²) in [6, 6.07) is 8.13. The molecule has 2 rings (SSSR count). The molecule has 0 bridgehead atoms. The molecule has 6 heteroatoms. The molecule has 0 aliphatic heterocycles. The number of carbonyl (C=O) groups is 1. The Balaban J connectivity index is 0.00000264. The van der Waals surface area contributed by atoms with E-state index in [0.29, 0.717) is 30.8 Å². The van der Waals surface area contributed by atoms with E-state index in [0.717, 1.165) is 12.0 Å². The van der Waals surface area contributed by atoms with Crippen LogP contribution in [-0.4, -0.2) is 23.9 Å². The Morgan fingerprint density at radius 1 is 1.30 bits per heavy atom. The molecular formula is C17H22ClFN2O2. The van der Waals surface area contributed by atoms with Gasteiger partial charge >= 0.3 is 0 Å². The monoisotopic (exact) mass is 340 g/mol. The molecule has 0 saturated carbocycles. The van der Waals surface area contributed by atoms with E-state index in [-0.39, 0.29) is 30.7 Å². The van der Waals surface area contributed by atoms with Crippen molar-refractivity contribution in [2.24, 2.45) is 5.73 Å². The summed E-state index contributed by atoms with van der Waals surface area (Å²) in [5.74, 6) is 0.250. The number of nitrogens with zero attached hydrogens (tertiary/aromatic N) is 1. The lowest BCUT2D eigenvalue weighted by atomic mass is 10.1. The fourth-order valence-corrected chi connectivity index (χ4v) is 2.32. The highest BCUT2D eigenvalue weighted by Crippen LogP contribution is 2.12. The zero-order chi connectivity index (χ0) is 15.9. The predicted octanol–water partition coefficient (Wildman–Crippen LogP) is 3.39. The zero-order valence-electron chi connectivity index (χ0n) is 13.1. The van der Waals surface area contributed by atoms with Gasteiger partial charge in [-0.25, -0.2) is 4.39 Å². The van der Waals surface area contributed by atoms with E-state index in [1.807, 2.05) is 13.0 Å². The van der Waals surface area contributed by atoms with Gasteiger partial charge in [0.1, 0.15) is 17.8 Å². The van der Waals surface area contributed by atoms with Crippen LogP contribution in [0, 0.1) is 5.82 Å². The minimum atomic E-state index is -0.256. The summed E-state index contributed by atoms with van der Waals surface area (Å²) in [4.78, 5) is 14.3. The first-order valence-corrected chi connectivity index (χ1v) is 7.45. The van der Waals surface area contributed by atoms with E-state index in [9.17, 15) is 9.18 Å². The van der Waals surface area contributed by atoms with Gasteiger partial charge in [0, 0.05) is 13.1 Å². The maximum Gasteiger partial charge on any atom is 0.257 e. The standard InChI is InChI=1S/C17H21FN2O2.ClH/c1-2-7-20(8-6-13-4-3-5-15(18)9-13)17(21)14-10-16(11-19)22-12-14;/h3-5,9-10,12H,2,6-8,11,19H2,1H3;1H. The lowest BCUT2D eigenvalue weighted by molar-refractivity contribution is 0.0756. The molecule has 2 aromatic rings. The van der Waals surface area contributed by atoms with E-state index in [4.69, 9.17) is 10.2 Å². The Morgan fingerprint density at radius 3 is 2.70 bits per heavy atom. The van der Waals surface area contributed by atoms with E-state index >= 15 is 0 Å². The molecule has 0 aliphatic carbocycles. The van der Waals surface area contributed by atoms with Gasteiger partial charge in [-0.1, -0.05) is 19.1 Å². The molecule has 23 heavy (non-hydrogen) atoms. The van der Waals surface area contributed by atoms with Gasteiger partial charge in [0.25, 0.3) is 5.91 Å². The van der Waals surface area contributed by atoms with Crippen molar-refractivity contribution in [3.63, 3.8) is 0 Å². The second-order valence-corrected chi connectivity index (χ2v) is 5.18. The third-order valence-electron chi connectivity index (χ3n) is 3.44. The Kier molecular flexibility index (Phi) is 7.78. The smallest absolute Gasteiger partial charge is 0.257 e. The van der Waals surface area contributed by atoms with Crippen molar-refractivity contribution < 1.29 is 13.6 Å². The topological polar surface area (TPSA) is 59.5 Å². The maximum atomic E-state index is 13.2. The first-order chi connectivity index (χ1) is 10.6. The van der Waals surface area contributed by atoms with Crippen LogP contribution in [0.15, 0.2) is 41.0 Å². The number of nitrogens with two attached hydrogens (primary N) is 1. The number of amides is 1. The fraction of sp³-hybridized carbons (Fsp3) is 0.353. The average Bonchev–Trinajstić information content (AvgIpc) is 3.00. The average molecular weight is 341 g/mol. The van der Waals surface area contributed by atoms with Gasteiger partial charge in [-0.15, -0.1) is 12.4 Å². The van der Waals surface area contributed by atoms with E-state index in [1.165, 1.54) is 18.4 Å². The summed E-state index contributed by atoms with van der Waals surface area (Å²) >= 11 is 0. The minimum Gasteiger partial charge on any atom is -0.467 e. The molecule has 0 radical (unpaired) electrons. The van der Waals surface area contributed by atoms with Crippen LogP contribution in [0.2, 0.25) is 0 Å². The van der Waals surface area contributed by atoms with Gasteiger partial charge in [-0.05, 0) is 36.6 Å². The Bertz CT molecular complexity index is 631. The van der Waals surface area contributed by atoms with Gasteiger partial charge in [-0.3, -0.25) is 4.79 Å². The van der Waals surface area contributed by atoms with E-state index < -0.39 is 0 Å². The molecular weight excluding hydrogens is 319 g/mol. The SMILES string of the molecule is CCCN(CCc1cccc(F)c1)C(=O)c1coc(CN)c1.Cl. The van der Waals surface area contributed by atoms with Crippen LogP contribution in [-0.2, 0) is 13.0 Å². The summed E-state index contributed by atoms with van der Waals surface area (Å²) in [6.45, 7) is 3.48. The molecule has 1 aromatic carbocycles. The second kappa shape index (κ2) is 9.33. The highest BCUT2D eigenvalue weighted by Gasteiger charge is 2.17. The van der Waals surface area contributed by atoms with Gasteiger partial charge < -0.3 is 15.1 Å². The predicted molar refractivity (Wildman–Crippen MR) is 90.1 cm³/mol. The molecule has 126 valence electrons. The number of hydrogen-bond donors (Lipinski definition) is 1. The molecule has 0 aliphatic rings. The first-order valence-electron chi connectivity index (χ1n) is 7.45. The third kappa shape index (κ3) is 5.37. The van der Waals surface area contributed by atoms with Gasteiger partial charge in [0.05, 0.1) is 12.1 Å². The van der Waals surface area contributed by atoms with Crippen molar-refractivity contribution in [2.45, 2.75) is 26.3 Å². The minimum absolute atomic E-state index is 0. The van der Waals surface area contributed by atoms with Crippen molar-refractivity contribution in [2.75, 3.05) is 13.1 Å². The Morgan fingerprint density at radius 2 is 2.09 bits per heavy atom. The number of furan rings is 1. The zero-order valence-corrected chi connectivity index (χ0v) is 13.9. The number of halogens is 2. The molecule has 0 fully saturated rings. The van der Waals surface area contributed by atoms with E-state index in [2.05, 4.69) is 0 Å². The molecule has 4 nitrogen and oxygen atoms in total. The van der Waals surface area contributed by atoms with Crippen LogP contribution >= 0.6 is 12.4 Å². The van der Waals surface area contributed by atoms with Crippen LogP contribution in [0.1, 0.15) is 35.0 Å². The highest BCUT2D eigenvalue weighted by atomic mass is 35.5. The van der Waals surface area contributed by atoms with Crippen LogP contribution < -0.4 is 5.73 Å². The van der Waals surface area contributed by atoms with Crippen molar-refractivity contribution in [3.8, 4) is 0 Å². The number of hydrogen-bond acceptors (Lipinski definition) is 3. The second-order valence-electron chi connectivity index (χ2n) is 5.18. The fourth-order valence-electron chi connectivity index (χ4n) is 2.32. The van der Waals surface area contributed by atoms with Gasteiger partial charge in [0.15, 0.2) is 0 Å². The molecule has 1 aromatic heterocycles. The number of rotatable bonds is 7. The Labute approximate surface area is 141 Å². The lowest BCUT2D eigenvalue weighted by Gasteiger charge is -2.21. The number of benzene rings is 1. The maximum absolute atomic E-state index is 13.2. The highest BCUT2D eigenvalue weighted by molar-refractivity contribution is 5.94. The molecule has 0 spiro atoms. The third-order valence-corrected chi connectivity index (χ3v) is 3.44. The quantitative estimate of drug-likeness (QED) is 0.840. The Hall–Kier alpha value is -1.85. The first kappa shape index (κ1) is 19.2. The normalized spacial score (nSPS) is 10.2. The van der Waals surface area contributed by atoms with Gasteiger partial charge in [0.2, 0.25) is 0 Å². The largest absolute Gasteiger partial charge is 0.467 e. The molecule has 0 atom stereocenters. The lowest BCUT2D eigenvalue weighted by Crippen LogP contribution is -2.33. The van der Waals surface area contributed by atoms with Crippen molar-refractivity contribution in [1.82, 2.24) is 4.90 Å². The number of carbonyl (C=O) groups excluding carboxylic acids is 1.